The molecule has 0 radical (unpaired) electrons. The number of rotatable bonds is 4. The maximum atomic E-state index is 9.12. The minimum Gasteiger partial charge on any atom is -0.396 e. The summed E-state index contributed by atoms with van der Waals surface area (Å²) in [4.78, 5) is 8.91. The Morgan fingerprint density at radius 3 is 2.72 bits per heavy atom. The van der Waals surface area contributed by atoms with E-state index in [1.54, 1.807) is 0 Å². The summed E-state index contributed by atoms with van der Waals surface area (Å²) in [5, 5.41) is 9.12. The largest absolute Gasteiger partial charge is 0.396 e. The Morgan fingerprint density at radius 2 is 2.06 bits per heavy atom. The van der Waals surface area contributed by atoms with Gasteiger partial charge in [0, 0.05) is 50.7 Å². The van der Waals surface area contributed by atoms with Gasteiger partial charge in [0.05, 0.1) is 0 Å². The van der Waals surface area contributed by atoms with Crippen LogP contribution in [-0.4, -0.2) is 58.7 Å². The van der Waals surface area contributed by atoms with Crippen LogP contribution in [-0.2, 0) is 6.54 Å². The van der Waals surface area contributed by atoms with Gasteiger partial charge in [0.25, 0.3) is 0 Å². The van der Waals surface area contributed by atoms with Crippen molar-refractivity contribution in [2.45, 2.75) is 32.0 Å². The number of aromatic nitrogens is 1. The lowest BCUT2D eigenvalue weighted by Crippen LogP contribution is -2.55. The molecule has 1 aliphatic heterocycles. The van der Waals surface area contributed by atoms with Crippen molar-refractivity contribution in [1.29, 1.82) is 0 Å². The quantitative estimate of drug-likeness (QED) is 0.863. The molecule has 0 aliphatic carbocycles. The van der Waals surface area contributed by atoms with Crippen LogP contribution in [0.3, 0.4) is 0 Å². The predicted molar refractivity (Wildman–Crippen MR) is 72.2 cm³/mol. The molecule has 2 unspecified atom stereocenters. The van der Waals surface area contributed by atoms with Crippen molar-refractivity contribution >= 4 is 0 Å². The summed E-state index contributed by atoms with van der Waals surface area (Å²) >= 11 is 0. The van der Waals surface area contributed by atoms with Crippen molar-refractivity contribution in [3.8, 4) is 0 Å². The van der Waals surface area contributed by atoms with Gasteiger partial charge >= 0.3 is 0 Å². The Balaban J connectivity index is 1.99. The second-order valence-electron chi connectivity index (χ2n) is 5.24. The van der Waals surface area contributed by atoms with Crippen LogP contribution < -0.4 is 0 Å². The standard InChI is InChI=1S/C14H23N3O/c1-12-9-16(2)14(5-8-18)11-17(12)10-13-3-6-15-7-4-13/h3-4,6-7,12,14,18H,5,8-11H2,1-2H3. The molecule has 18 heavy (non-hydrogen) atoms. The van der Waals surface area contributed by atoms with E-state index in [2.05, 4.69) is 40.9 Å². The van der Waals surface area contributed by atoms with Gasteiger partial charge in [-0.25, -0.2) is 0 Å². The topological polar surface area (TPSA) is 39.6 Å². The summed E-state index contributed by atoms with van der Waals surface area (Å²) in [5.74, 6) is 0. The van der Waals surface area contributed by atoms with Gasteiger partial charge in [-0.05, 0) is 38.1 Å². The smallest absolute Gasteiger partial charge is 0.0446 e. The molecule has 100 valence electrons. The van der Waals surface area contributed by atoms with Gasteiger partial charge in [-0.3, -0.25) is 9.88 Å². The number of aliphatic hydroxyl groups is 1. The van der Waals surface area contributed by atoms with Crippen molar-refractivity contribution in [2.75, 3.05) is 26.7 Å². The van der Waals surface area contributed by atoms with Gasteiger partial charge < -0.3 is 10.0 Å². The van der Waals surface area contributed by atoms with Gasteiger partial charge in [-0.15, -0.1) is 0 Å². The monoisotopic (exact) mass is 249 g/mol. The van der Waals surface area contributed by atoms with E-state index in [4.69, 9.17) is 5.11 Å². The lowest BCUT2D eigenvalue weighted by molar-refractivity contribution is 0.0359. The van der Waals surface area contributed by atoms with E-state index in [1.165, 1.54) is 5.56 Å². The molecule has 2 atom stereocenters. The molecule has 1 N–H and O–H groups in total. The van der Waals surface area contributed by atoms with Crippen LogP contribution in [0.15, 0.2) is 24.5 Å². The molecule has 1 aromatic heterocycles. The zero-order valence-corrected chi connectivity index (χ0v) is 11.3. The zero-order valence-electron chi connectivity index (χ0n) is 11.3. The van der Waals surface area contributed by atoms with E-state index in [1.807, 2.05) is 12.4 Å². The zero-order chi connectivity index (χ0) is 13.0. The van der Waals surface area contributed by atoms with Crippen molar-refractivity contribution in [2.24, 2.45) is 0 Å². The number of hydrogen-bond donors (Lipinski definition) is 1. The first-order valence-electron chi connectivity index (χ1n) is 6.64. The summed E-state index contributed by atoms with van der Waals surface area (Å²) < 4.78 is 0. The van der Waals surface area contributed by atoms with Crippen LogP contribution in [0, 0.1) is 0 Å². The second-order valence-corrected chi connectivity index (χ2v) is 5.24. The molecule has 0 saturated carbocycles. The minimum atomic E-state index is 0.270. The molecular formula is C14H23N3O. The summed E-state index contributed by atoms with van der Waals surface area (Å²) in [6, 6.07) is 5.17. The highest BCUT2D eigenvalue weighted by Crippen LogP contribution is 2.18. The van der Waals surface area contributed by atoms with Gasteiger partial charge in [0.1, 0.15) is 0 Å². The molecule has 4 nitrogen and oxygen atoms in total. The van der Waals surface area contributed by atoms with Gasteiger partial charge in [0.15, 0.2) is 0 Å². The average Bonchev–Trinajstić information content (AvgIpc) is 2.37. The van der Waals surface area contributed by atoms with Gasteiger partial charge in [-0.2, -0.15) is 0 Å². The molecule has 4 heteroatoms. The van der Waals surface area contributed by atoms with Gasteiger partial charge in [0.2, 0.25) is 0 Å². The van der Waals surface area contributed by atoms with Crippen molar-refractivity contribution < 1.29 is 5.11 Å². The van der Waals surface area contributed by atoms with E-state index in [0.717, 1.165) is 26.1 Å². The molecule has 0 spiro atoms. The summed E-state index contributed by atoms with van der Waals surface area (Å²) in [7, 11) is 2.15. The van der Waals surface area contributed by atoms with E-state index in [9.17, 15) is 0 Å². The highest BCUT2D eigenvalue weighted by atomic mass is 16.3. The highest BCUT2D eigenvalue weighted by molar-refractivity contribution is 5.10. The van der Waals surface area contributed by atoms with Crippen LogP contribution in [0.2, 0.25) is 0 Å². The van der Waals surface area contributed by atoms with Crippen molar-refractivity contribution in [3.05, 3.63) is 30.1 Å². The summed E-state index contributed by atoms with van der Waals surface area (Å²) in [6.07, 6.45) is 4.55. The van der Waals surface area contributed by atoms with Crippen LogP contribution in [0.25, 0.3) is 0 Å². The fourth-order valence-corrected chi connectivity index (χ4v) is 2.68. The van der Waals surface area contributed by atoms with Gasteiger partial charge in [-0.1, -0.05) is 0 Å². The van der Waals surface area contributed by atoms with Crippen LogP contribution in [0.4, 0.5) is 0 Å². The van der Waals surface area contributed by atoms with Crippen molar-refractivity contribution in [3.63, 3.8) is 0 Å². The number of aliphatic hydroxyl groups excluding tert-OH is 1. The van der Waals surface area contributed by atoms with E-state index < -0.39 is 0 Å². The molecule has 1 aliphatic rings. The van der Waals surface area contributed by atoms with E-state index in [0.29, 0.717) is 12.1 Å². The summed E-state index contributed by atoms with van der Waals surface area (Å²) in [5.41, 5.74) is 1.31. The van der Waals surface area contributed by atoms with E-state index in [-0.39, 0.29) is 6.61 Å². The number of piperazine rings is 1. The molecule has 1 aromatic rings. The third-order valence-corrected chi connectivity index (χ3v) is 3.84. The molecule has 0 amide bonds. The third kappa shape index (κ3) is 3.28. The average molecular weight is 249 g/mol. The Bertz CT molecular complexity index is 357. The first-order chi connectivity index (χ1) is 8.70. The first-order valence-corrected chi connectivity index (χ1v) is 6.64. The van der Waals surface area contributed by atoms with E-state index >= 15 is 0 Å². The molecule has 0 bridgehead atoms. The van der Waals surface area contributed by atoms with Crippen LogP contribution in [0.5, 0.6) is 0 Å². The third-order valence-electron chi connectivity index (χ3n) is 3.84. The van der Waals surface area contributed by atoms with Crippen LogP contribution >= 0.6 is 0 Å². The SMILES string of the molecule is CC1CN(C)C(CCO)CN1Cc1ccncc1. The number of pyridine rings is 1. The van der Waals surface area contributed by atoms with Crippen molar-refractivity contribution in [1.82, 2.24) is 14.8 Å². The Labute approximate surface area is 109 Å². The molecule has 1 fully saturated rings. The Kier molecular flexibility index (Phi) is 4.69. The molecule has 2 rings (SSSR count). The first kappa shape index (κ1) is 13.5. The normalized spacial score (nSPS) is 26.4. The lowest BCUT2D eigenvalue weighted by atomic mass is 10.0. The Morgan fingerprint density at radius 1 is 1.33 bits per heavy atom. The number of likely N-dealkylation sites (N-methyl/N-ethyl adjacent to an activating group) is 1. The minimum absolute atomic E-state index is 0.270. The molecular weight excluding hydrogens is 226 g/mol. The Hall–Kier alpha value is -0.970. The number of nitrogens with zero attached hydrogens (tertiary/aromatic N) is 3. The molecule has 1 saturated heterocycles. The molecule has 0 aromatic carbocycles. The molecule has 2 heterocycles. The number of hydrogen-bond acceptors (Lipinski definition) is 4. The fourth-order valence-electron chi connectivity index (χ4n) is 2.68. The maximum absolute atomic E-state index is 9.12. The highest BCUT2D eigenvalue weighted by Gasteiger charge is 2.28. The summed E-state index contributed by atoms with van der Waals surface area (Å²) in [6.45, 7) is 5.61. The fraction of sp³-hybridized carbons (Fsp3) is 0.643. The van der Waals surface area contributed by atoms with Crippen LogP contribution in [0.1, 0.15) is 18.9 Å². The second kappa shape index (κ2) is 6.27. The maximum Gasteiger partial charge on any atom is 0.0446 e. The predicted octanol–water partition coefficient (Wildman–Crippen LogP) is 0.968. The lowest BCUT2D eigenvalue weighted by Gasteiger charge is -2.43.